The average Bonchev–Trinajstić information content (AvgIpc) is 2.05. The smallest absolute Gasteiger partial charge is 0.199 e. The topological polar surface area (TPSA) is 46.5 Å². The van der Waals surface area contributed by atoms with Gasteiger partial charge in [0.05, 0.1) is 4.90 Å². The third kappa shape index (κ3) is 2.63. The van der Waals surface area contributed by atoms with Crippen LogP contribution in [0.5, 0.6) is 0 Å². The van der Waals surface area contributed by atoms with E-state index in [0.717, 1.165) is 4.47 Å². The Morgan fingerprint density at radius 2 is 1.85 bits per heavy atom. The summed E-state index contributed by atoms with van der Waals surface area (Å²) in [6.45, 7) is 1.57. The van der Waals surface area contributed by atoms with Crippen LogP contribution in [0.25, 0.3) is 0 Å². The van der Waals surface area contributed by atoms with Crippen molar-refractivity contribution in [3.63, 3.8) is 0 Å². The normalized spacial score (nSPS) is 12.2. The minimum atomic E-state index is -3.48. The van der Waals surface area contributed by atoms with E-state index in [1.165, 1.54) is 18.3 Å². The van der Waals surface area contributed by atoms with E-state index in [0.29, 0.717) is 0 Å². The SMILES string of the molecule is CC=NS(=O)(=O)c1ccc(Br)cc1. The molecule has 5 heteroatoms. The number of nitrogens with zero attached hydrogens (tertiary/aromatic N) is 1. The predicted octanol–water partition coefficient (Wildman–Crippen LogP) is 2.23. The van der Waals surface area contributed by atoms with Gasteiger partial charge in [-0.3, -0.25) is 0 Å². The number of halogens is 1. The van der Waals surface area contributed by atoms with E-state index in [1.54, 1.807) is 19.1 Å². The Labute approximate surface area is 85.7 Å². The molecule has 0 aliphatic heterocycles. The molecule has 1 aromatic rings. The summed E-state index contributed by atoms with van der Waals surface area (Å²) in [5.41, 5.74) is 0. The summed E-state index contributed by atoms with van der Waals surface area (Å²) in [4.78, 5) is 0.203. The van der Waals surface area contributed by atoms with E-state index >= 15 is 0 Å². The minimum absolute atomic E-state index is 0.203. The maximum atomic E-state index is 11.3. The first-order valence-corrected chi connectivity index (χ1v) is 5.80. The fraction of sp³-hybridized carbons (Fsp3) is 0.125. The molecule has 70 valence electrons. The third-order valence-electron chi connectivity index (χ3n) is 1.36. The van der Waals surface area contributed by atoms with Crippen LogP contribution in [-0.4, -0.2) is 14.6 Å². The van der Waals surface area contributed by atoms with E-state index in [4.69, 9.17) is 0 Å². The van der Waals surface area contributed by atoms with E-state index in [2.05, 4.69) is 20.3 Å². The Kier molecular flexibility index (Phi) is 3.22. The van der Waals surface area contributed by atoms with Gasteiger partial charge in [0.1, 0.15) is 0 Å². The zero-order valence-electron chi connectivity index (χ0n) is 6.94. The van der Waals surface area contributed by atoms with Crippen LogP contribution in [0.15, 0.2) is 38.0 Å². The van der Waals surface area contributed by atoms with Crippen LogP contribution in [0, 0.1) is 0 Å². The fourth-order valence-corrected chi connectivity index (χ4v) is 1.95. The Morgan fingerprint density at radius 3 is 2.31 bits per heavy atom. The van der Waals surface area contributed by atoms with Gasteiger partial charge in [-0.25, -0.2) is 0 Å². The third-order valence-corrected chi connectivity index (χ3v) is 3.24. The van der Waals surface area contributed by atoms with E-state index < -0.39 is 10.0 Å². The van der Waals surface area contributed by atoms with Crippen molar-refractivity contribution in [3.8, 4) is 0 Å². The molecule has 0 saturated heterocycles. The van der Waals surface area contributed by atoms with Crippen LogP contribution in [0.2, 0.25) is 0 Å². The van der Waals surface area contributed by atoms with Gasteiger partial charge in [0, 0.05) is 10.7 Å². The molecule has 0 spiro atoms. The molecule has 0 radical (unpaired) electrons. The lowest BCUT2D eigenvalue weighted by Gasteiger charge is -1.97. The largest absolute Gasteiger partial charge is 0.281 e. The van der Waals surface area contributed by atoms with Gasteiger partial charge in [0.15, 0.2) is 0 Å². The van der Waals surface area contributed by atoms with E-state index in [-0.39, 0.29) is 4.90 Å². The lowest BCUT2D eigenvalue weighted by Crippen LogP contribution is -1.95. The maximum Gasteiger partial charge on any atom is 0.281 e. The van der Waals surface area contributed by atoms with Crippen molar-refractivity contribution in [3.05, 3.63) is 28.7 Å². The molecule has 1 rings (SSSR count). The molecule has 0 saturated carbocycles. The van der Waals surface area contributed by atoms with Crippen molar-refractivity contribution in [2.24, 2.45) is 4.40 Å². The van der Waals surface area contributed by atoms with Crippen molar-refractivity contribution in [1.29, 1.82) is 0 Å². The van der Waals surface area contributed by atoms with Crippen LogP contribution >= 0.6 is 15.9 Å². The van der Waals surface area contributed by atoms with Gasteiger partial charge in [-0.1, -0.05) is 15.9 Å². The highest BCUT2D eigenvalue weighted by atomic mass is 79.9. The number of hydrogen-bond acceptors (Lipinski definition) is 2. The number of rotatable bonds is 2. The standard InChI is InChI=1S/C8H8BrNO2S/c1-2-10-13(11,12)8-5-3-7(9)4-6-8/h2-6H,1H3. The summed E-state index contributed by atoms with van der Waals surface area (Å²) in [6.07, 6.45) is 1.26. The molecule has 0 aliphatic carbocycles. The van der Waals surface area contributed by atoms with Gasteiger partial charge in [0.25, 0.3) is 10.0 Å². The molecule has 1 aromatic carbocycles. The quantitative estimate of drug-likeness (QED) is 0.767. The minimum Gasteiger partial charge on any atom is -0.199 e. The highest BCUT2D eigenvalue weighted by Crippen LogP contribution is 2.15. The number of benzene rings is 1. The predicted molar refractivity (Wildman–Crippen MR) is 55.5 cm³/mol. The van der Waals surface area contributed by atoms with Crippen LogP contribution in [0.3, 0.4) is 0 Å². The van der Waals surface area contributed by atoms with Crippen LogP contribution in [-0.2, 0) is 10.0 Å². The lowest BCUT2D eigenvalue weighted by atomic mass is 10.4. The highest BCUT2D eigenvalue weighted by molar-refractivity contribution is 9.10. The molecule has 3 nitrogen and oxygen atoms in total. The molecule has 0 aromatic heterocycles. The number of sulfonamides is 1. The Hall–Kier alpha value is -0.680. The van der Waals surface area contributed by atoms with Crippen LogP contribution in [0.1, 0.15) is 6.92 Å². The van der Waals surface area contributed by atoms with Gasteiger partial charge < -0.3 is 0 Å². The Balaban J connectivity index is 3.17. The molecule has 0 bridgehead atoms. The zero-order valence-corrected chi connectivity index (χ0v) is 9.34. The second kappa shape index (κ2) is 4.02. The van der Waals surface area contributed by atoms with Crippen molar-refractivity contribution >= 4 is 32.2 Å². The molecular weight excluding hydrogens is 254 g/mol. The highest BCUT2D eigenvalue weighted by Gasteiger charge is 2.09. The molecular formula is C8H8BrNO2S. The molecule has 0 atom stereocenters. The Bertz CT molecular complexity index is 408. The maximum absolute atomic E-state index is 11.3. The van der Waals surface area contributed by atoms with Crippen molar-refractivity contribution < 1.29 is 8.42 Å². The molecule has 0 heterocycles. The molecule has 0 N–H and O–H groups in total. The first-order chi connectivity index (χ1) is 6.06. The first-order valence-electron chi connectivity index (χ1n) is 3.57. The van der Waals surface area contributed by atoms with Crippen molar-refractivity contribution in [1.82, 2.24) is 0 Å². The summed E-state index contributed by atoms with van der Waals surface area (Å²) in [7, 11) is -3.48. The molecule has 13 heavy (non-hydrogen) atoms. The van der Waals surface area contributed by atoms with Gasteiger partial charge in [-0.2, -0.15) is 12.8 Å². The van der Waals surface area contributed by atoms with Crippen molar-refractivity contribution in [2.75, 3.05) is 0 Å². The second-order valence-corrected chi connectivity index (χ2v) is 4.84. The lowest BCUT2D eigenvalue weighted by molar-refractivity contribution is 0.598. The molecule has 0 aliphatic rings. The van der Waals surface area contributed by atoms with Gasteiger partial charge >= 0.3 is 0 Å². The monoisotopic (exact) mass is 261 g/mol. The van der Waals surface area contributed by atoms with Crippen molar-refractivity contribution in [2.45, 2.75) is 11.8 Å². The fourth-order valence-electron chi connectivity index (χ4n) is 0.806. The van der Waals surface area contributed by atoms with Crippen LogP contribution in [0.4, 0.5) is 0 Å². The van der Waals surface area contributed by atoms with Gasteiger partial charge in [-0.15, -0.1) is 0 Å². The summed E-state index contributed by atoms with van der Waals surface area (Å²) in [5.74, 6) is 0. The molecule has 0 unspecified atom stereocenters. The van der Waals surface area contributed by atoms with Crippen LogP contribution < -0.4 is 0 Å². The summed E-state index contributed by atoms with van der Waals surface area (Å²) < 4.78 is 26.9. The Morgan fingerprint density at radius 1 is 1.31 bits per heavy atom. The summed E-state index contributed by atoms with van der Waals surface area (Å²) in [6, 6.07) is 6.34. The first kappa shape index (κ1) is 10.4. The van der Waals surface area contributed by atoms with Gasteiger partial charge in [0.2, 0.25) is 0 Å². The summed E-state index contributed by atoms with van der Waals surface area (Å²) >= 11 is 3.22. The molecule has 0 fully saturated rings. The van der Waals surface area contributed by atoms with E-state index in [1.807, 2.05) is 0 Å². The zero-order chi connectivity index (χ0) is 9.90. The summed E-state index contributed by atoms with van der Waals surface area (Å²) in [5, 5.41) is 0. The average molecular weight is 262 g/mol. The number of hydrogen-bond donors (Lipinski definition) is 0. The second-order valence-electron chi connectivity index (χ2n) is 2.29. The van der Waals surface area contributed by atoms with E-state index in [9.17, 15) is 8.42 Å². The molecule has 0 amide bonds. The van der Waals surface area contributed by atoms with Gasteiger partial charge in [-0.05, 0) is 31.2 Å².